The number of fused-ring (bicyclic) bond motifs is 1. The largest absolute Gasteiger partial charge is 0.393 e. The molecule has 2 aliphatic rings. The summed E-state index contributed by atoms with van der Waals surface area (Å²) in [5.41, 5.74) is 3.18. The molecule has 10 heteroatoms. The summed E-state index contributed by atoms with van der Waals surface area (Å²) in [7, 11) is -1.53. The number of hydrogen-bond acceptors (Lipinski definition) is 7. The van der Waals surface area contributed by atoms with Gasteiger partial charge in [-0.2, -0.15) is 0 Å². The van der Waals surface area contributed by atoms with Crippen LogP contribution in [-0.4, -0.2) is 77.6 Å². The van der Waals surface area contributed by atoms with E-state index in [9.17, 15) is 13.5 Å². The Hall–Kier alpha value is -1.75. The molecule has 1 saturated carbocycles. The molecule has 2 aromatic rings. The van der Waals surface area contributed by atoms with Crippen molar-refractivity contribution in [1.82, 2.24) is 18.9 Å². The molecule has 1 saturated heterocycles. The molecule has 1 aliphatic carbocycles. The lowest BCUT2D eigenvalue weighted by Crippen LogP contribution is -2.27. The number of aromatic nitrogens is 3. The maximum Gasteiger partial charge on any atom is 0.241 e. The van der Waals surface area contributed by atoms with E-state index in [1.54, 1.807) is 11.4 Å². The van der Waals surface area contributed by atoms with Crippen LogP contribution in [-0.2, 0) is 14.8 Å². The van der Waals surface area contributed by atoms with Gasteiger partial charge in [-0.1, -0.05) is 0 Å². The second-order valence-electron chi connectivity index (χ2n) is 9.02. The van der Waals surface area contributed by atoms with Crippen molar-refractivity contribution >= 4 is 21.5 Å². The van der Waals surface area contributed by atoms with Gasteiger partial charge in [-0.3, -0.25) is 0 Å². The molecule has 4 rings (SSSR count). The molecule has 2 N–H and O–H groups in total. The van der Waals surface area contributed by atoms with Crippen LogP contribution in [0.2, 0.25) is 0 Å². The molecule has 31 heavy (non-hydrogen) atoms. The quantitative estimate of drug-likeness (QED) is 0.662. The maximum absolute atomic E-state index is 12.0. The number of anilines is 1. The van der Waals surface area contributed by atoms with Gasteiger partial charge in [0, 0.05) is 43.8 Å². The highest BCUT2D eigenvalue weighted by molar-refractivity contribution is 7.88. The monoisotopic (exact) mass is 451 g/mol. The molecule has 3 heterocycles. The van der Waals surface area contributed by atoms with E-state index < -0.39 is 10.0 Å². The highest BCUT2D eigenvalue weighted by Gasteiger charge is 2.33. The van der Waals surface area contributed by atoms with Gasteiger partial charge in [-0.15, -0.1) is 5.10 Å². The Labute approximate surface area is 183 Å². The van der Waals surface area contributed by atoms with E-state index in [2.05, 4.69) is 16.4 Å². The summed E-state index contributed by atoms with van der Waals surface area (Å²) in [5.74, 6) is 0.985. The zero-order chi connectivity index (χ0) is 22.2. The molecule has 172 valence electrons. The lowest BCUT2D eigenvalue weighted by molar-refractivity contribution is 0.121. The number of methoxy groups -OCH3 is 1. The molecule has 1 aliphatic heterocycles. The van der Waals surface area contributed by atoms with Crippen molar-refractivity contribution in [3.63, 3.8) is 0 Å². The Balaban J connectivity index is 1.69. The Morgan fingerprint density at radius 3 is 2.65 bits per heavy atom. The first-order chi connectivity index (χ1) is 14.8. The average molecular weight is 452 g/mol. The molecule has 0 radical (unpaired) electrons. The minimum absolute atomic E-state index is 0.0731. The summed E-state index contributed by atoms with van der Waals surface area (Å²) >= 11 is 0. The topological polar surface area (TPSA) is 109 Å². The van der Waals surface area contributed by atoms with Crippen molar-refractivity contribution in [3.05, 3.63) is 23.5 Å². The third-order valence-electron chi connectivity index (χ3n) is 6.54. The molecule has 0 amide bonds. The van der Waals surface area contributed by atoms with Crippen LogP contribution in [0, 0.1) is 0 Å². The molecule has 2 atom stereocenters. The van der Waals surface area contributed by atoms with Gasteiger partial charge in [0.2, 0.25) is 16.0 Å². The second kappa shape index (κ2) is 9.01. The zero-order valence-corrected chi connectivity index (χ0v) is 19.3. The number of nitrogens with one attached hydrogen (secondary N) is 1. The summed E-state index contributed by atoms with van der Waals surface area (Å²) in [6.45, 7) is 3.60. The normalized spacial score (nSPS) is 26.4. The van der Waals surface area contributed by atoms with Crippen LogP contribution in [0.4, 0.5) is 5.95 Å². The van der Waals surface area contributed by atoms with Gasteiger partial charge in [0.05, 0.1) is 30.7 Å². The van der Waals surface area contributed by atoms with Crippen LogP contribution < -0.4 is 5.32 Å². The van der Waals surface area contributed by atoms with E-state index in [0.29, 0.717) is 31.6 Å². The number of hydrogen-bond donors (Lipinski definition) is 2. The second-order valence-corrected chi connectivity index (χ2v) is 11.0. The highest BCUT2D eigenvalue weighted by Crippen LogP contribution is 2.38. The van der Waals surface area contributed by atoms with Gasteiger partial charge in [-0.25, -0.2) is 22.2 Å². The van der Waals surface area contributed by atoms with E-state index in [-0.39, 0.29) is 18.1 Å². The SMILES string of the molecule is COC[C@H](C)Nc1ncc2c([C@@H]3CCN(S(C)(=O)=O)C3)cc([C@H]3CC[C@H](O)CC3)n2n1. The Kier molecular flexibility index (Phi) is 6.52. The van der Waals surface area contributed by atoms with Gasteiger partial charge in [0.1, 0.15) is 0 Å². The number of aliphatic hydroxyl groups excluding tert-OH is 1. The summed E-state index contributed by atoms with van der Waals surface area (Å²) < 4.78 is 32.8. The molecule has 0 spiro atoms. The minimum Gasteiger partial charge on any atom is -0.393 e. The molecule has 0 unspecified atom stereocenters. The molecule has 2 aromatic heterocycles. The predicted octanol–water partition coefficient (Wildman–Crippen LogP) is 1.94. The molecule has 2 fully saturated rings. The van der Waals surface area contributed by atoms with Crippen molar-refractivity contribution in [1.29, 1.82) is 0 Å². The molecule has 9 nitrogen and oxygen atoms in total. The van der Waals surface area contributed by atoms with Gasteiger partial charge in [-0.05, 0) is 50.7 Å². The van der Waals surface area contributed by atoms with Crippen LogP contribution >= 0.6 is 0 Å². The first kappa shape index (κ1) is 22.4. The van der Waals surface area contributed by atoms with Crippen molar-refractivity contribution in [2.75, 3.05) is 38.4 Å². The first-order valence-electron chi connectivity index (χ1n) is 11.0. The lowest BCUT2D eigenvalue weighted by Gasteiger charge is -2.25. The van der Waals surface area contributed by atoms with Crippen LogP contribution in [0.3, 0.4) is 0 Å². The summed E-state index contributed by atoms with van der Waals surface area (Å²) in [6, 6.07) is 2.27. The van der Waals surface area contributed by atoms with Crippen molar-refractivity contribution in [2.24, 2.45) is 0 Å². The Bertz CT molecular complexity index is 1020. The van der Waals surface area contributed by atoms with Gasteiger partial charge >= 0.3 is 0 Å². The van der Waals surface area contributed by atoms with Gasteiger partial charge < -0.3 is 15.2 Å². The number of rotatable bonds is 7. The fourth-order valence-electron chi connectivity index (χ4n) is 4.89. The minimum atomic E-state index is -3.20. The van der Waals surface area contributed by atoms with Crippen LogP contribution in [0.15, 0.2) is 12.3 Å². The van der Waals surface area contributed by atoms with Gasteiger partial charge in [0.15, 0.2) is 0 Å². The van der Waals surface area contributed by atoms with Crippen molar-refractivity contribution < 1.29 is 18.3 Å². The zero-order valence-electron chi connectivity index (χ0n) is 18.5. The van der Waals surface area contributed by atoms with E-state index in [4.69, 9.17) is 9.84 Å². The standard InChI is InChI=1S/C21H33N5O4S/c1-14(13-30-2)23-21-22-11-20-18(16-8-9-25(12-16)31(3,28)29)10-19(26(20)24-21)15-4-6-17(27)7-5-15/h10-11,14-17,27H,4-9,12-13H2,1-3H3,(H,23,24)/t14-,15-,16+,17-/m0/s1. The fourth-order valence-corrected chi connectivity index (χ4v) is 5.78. The maximum atomic E-state index is 12.0. The molecular weight excluding hydrogens is 418 g/mol. The van der Waals surface area contributed by atoms with E-state index in [1.165, 1.54) is 6.26 Å². The molecule has 0 aromatic carbocycles. The smallest absolute Gasteiger partial charge is 0.241 e. The highest BCUT2D eigenvalue weighted by atomic mass is 32.2. The lowest BCUT2D eigenvalue weighted by atomic mass is 9.85. The van der Waals surface area contributed by atoms with Crippen LogP contribution in [0.25, 0.3) is 5.52 Å². The average Bonchev–Trinajstić information content (AvgIpc) is 3.33. The predicted molar refractivity (Wildman–Crippen MR) is 119 cm³/mol. The molecular formula is C21H33N5O4S. The number of sulfonamides is 1. The fraction of sp³-hybridized carbons (Fsp3) is 0.714. The third-order valence-corrected chi connectivity index (χ3v) is 7.81. The number of nitrogens with zero attached hydrogens (tertiary/aromatic N) is 4. The summed E-state index contributed by atoms with van der Waals surface area (Å²) in [6.07, 6.45) is 7.10. The van der Waals surface area contributed by atoms with Crippen LogP contribution in [0.5, 0.6) is 0 Å². The van der Waals surface area contributed by atoms with Crippen LogP contribution in [0.1, 0.15) is 62.1 Å². The van der Waals surface area contributed by atoms with Crippen molar-refractivity contribution in [2.45, 2.75) is 63.0 Å². The first-order valence-corrected chi connectivity index (χ1v) is 12.9. The Morgan fingerprint density at radius 2 is 2.00 bits per heavy atom. The van der Waals surface area contributed by atoms with Crippen molar-refractivity contribution in [3.8, 4) is 0 Å². The Morgan fingerprint density at radius 1 is 1.26 bits per heavy atom. The van der Waals surface area contributed by atoms with E-state index in [0.717, 1.165) is 48.9 Å². The summed E-state index contributed by atoms with van der Waals surface area (Å²) in [5, 5.41) is 18.0. The van der Waals surface area contributed by atoms with Gasteiger partial charge in [0.25, 0.3) is 0 Å². The number of aliphatic hydroxyl groups is 1. The third kappa shape index (κ3) is 4.87. The summed E-state index contributed by atoms with van der Waals surface area (Å²) in [4.78, 5) is 4.53. The van der Waals surface area contributed by atoms with E-state index >= 15 is 0 Å². The number of ether oxygens (including phenoxy) is 1. The van der Waals surface area contributed by atoms with E-state index in [1.807, 2.05) is 17.6 Å². The molecule has 0 bridgehead atoms.